The summed E-state index contributed by atoms with van der Waals surface area (Å²) in [6, 6.07) is 0. The summed E-state index contributed by atoms with van der Waals surface area (Å²) in [7, 11) is 0. The summed E-state index contributed by atoms with van der Waals surface area (Å²) >= 11 is 0. The highest BCUT2D eigenvalue weighted by Gasteiger charge is 2.73. The van der Waals surface area contributed by atoms with Gasteiger partial charge in [-0.15, -0.1) is 0 Å². The van der Waals surface area contributed by atoms with Gasteiger partial charge in [0, 0.05) is 11.8 Å². The highest BCUT2D eigenvalue weighted by molar-refractivity contribution is 5.88. The highest BCUT2D eigenvalue weighted by atomic mass is 16.3. The molecule has 2 heteroatoms. The van der Waals surface area contributed by atoms with Crippen molar-refractivity contribution in [2.24, 2.45) is 56.2 Å². The van der Waals surface area contributed by atoms with Crippen LogP contribution >= 0.6 is 0 Å². The first-order valence-electron chi connectivity index (χ1n) is 13.9. The quantitative estimate of drug-likeness (QED) is 0.423. The van der Waals surface area contributed by atoms with Gasteiger partial charge in [0.1, 0.15) is 5.78 Å². The molecule has 5 rings (SSSR count). The number of Topliss-reactive ketones (excluding diaryl/α,β-unsaturated/α-hetero) is 1. The minimum atomic E-state index is -0.185. The lowest BCUT2D eigenvalue weighted by Crippen LogP contribution is -2.70. The van der Waals surface area contributed by atoms with E-state index in [1.54, 1.807) is 0 Å². The summed E-state index contributed by atoms with van der Waals surface area (Å²) in [6.45, 7) is 19.6. The van der Waals surface area contributed by atoms with Crippen molar-refractivity contribution < 1.29 is 9.90 Å². The van der Waals surface area contributed by atoms with Crippen molar-refractivity contribution >= 4 is 5.78 Å². The number of ketones is 1. The molecule has 0 radical (unpaired) electrons. The van der Waals surface area contributed by atoms with Gasteiger partial charge in [-0.25, -0.2) is 0 Å². The van der Waals surface area contributed by atoms with Crippen molar-refractivity contribution in [3.05, 3.63) is 0 Å². The summed E-state index contributed by atoms with van der Waals surface area (Å²) in [5.74, 6) is 2.65. The number of fused-ring (bicyclic) bond motifs is 7. The first-order chi connectivity index (χ1) is 14.6. The van der Waals surface area contributed by atoms with Crippen molar-refractivity contribution in [3.63, 3.8) is 0 Å². The third-order valence-corrected chi connectivity index (χ3v) is 13.7. The van der Waals surface area contributed by atoms with Crippen LogP contribution in [0.3, 0.4) is 0 Å². The average molecular weight is 443 g/mol. The molecule has 5 aliphatic carbocycles. The summed E-state index contributed by atoms with van der Waals surface area (Å²) in [5.41, 5.74) is 0.866. The molecule has 10 unspecified atom stereocenters. The molecule has 10 atom stereocenters. The van der Waals surface area contributed by atoms with Gasteiger partial charge in [-0.3, -0.25) is 4.79 Å². The molecule has 0 heterocycles. The highest BCUT2D eigenvalue weighted by Crippen LogP contribution is 2.77. The lowest BCUT2D eigenvalue weighted by molar-refractivity contribution is -0.248. The van der Waals surface area contributed by atoms with Gasteiger partial charge >= 0.3 is 0 Å². The van der Waals surface area contributed by atoms with Crippen LogP contribution in [0.2, 0.25) is 0 Å². The third kappa shape index (κ3) is 2.66. The second kappa shape index (κ2) is 6.64. The number of carbonyl (C=O) groups is 1. The molecule has 182 valence electrons. The van der Waals surface area contributed by atoms with E-state index in [0.29, 0.717) is 40.3 Å². The number of aliphatic hydroxyl groups excluding tert-OH is 1. The molecular weight excluding hydrogens is 392 g/mol. The van der Waals surface area contributed by atoms with Gasteiger partial charge in [0.2, 0.25) is 0 Å². The second-order valence-corrected chi connectivity index (χ2v) is 15.4. The van der Waals surface area contributed by atoms with E-state index in [4.69, 9.17) is 0 Å². The molecule has 5 saturated carbocycles. The largest absolute Gasteiger partial charge is 0.393 e. The Morgan fingerprint density at radius 1 is 0.750 bits per heavy atom. The zero-order chi connectivity index (χ0) is 23.5. The number of aliphatic hydroxyl groups is 1. The first-order valence-corrected chi connectivity index (χ1v) is 13.9. The fourth-order valence-corrected chi connectivity index (χ4v) is 11.2. The van der Waals surface area contributed by atoms with Crippen LogP contribution in [0.1, 0.15) is 120 Å². The molecule has 5 aliphatic rings. The minimum absolute atomic E-state index is 0.0880. The lowest BCUT2D eigenvalue weighted by Gasteiger charge is -2.74. The Morgan fingerprint density at radius 2 is 1.41 bits per heavy atom. The third-order valence-electron chi connectivity index (χ3n) is 13.7. The molecule has 0 aromatic rings. The molecular formula is C30H50O2. The fourth-order valence-electron chi connectivity index (χ4n) is 11.2. The normalized spacial score (nSPS) is 59.4. The maximum atomic E-state index is 14.5. The van der Waals surface area contributed by atoms with E-state index in [9.17, 15) is 9.90 Å². The van der Waals surface area contributed by atoms with Gasteiger partial charge in [0.25, 0.3) is 0 Å². The molecule has 0 aromatic heterocycles. The standard InChI is InChI=1S/C30H50O2/c1-19-20(31)9-10-21-27(19,5)12-11-22-28(21,6)18-24(32)30(8)23-17-25(2,3)13-14-26(23,4)15-16-29(22,30)7/h19-23,31H,9-18H2,1-8H3. The molecule has 0 saturated heterocycles. The Kier molecular flexibility index (Phi) is 4.85. The maximum absolute atomic E-state index is 14.5. The van der Waals surface area contributed by atoms with Gasteiger partial charge in [-0.05, 0) is 109 Å². The molecule has 1 N–H and O–H groups in total. The monoisotopic (exact) mass is 442 g/mol. The smallest absolute Gasteiger partial charge is 0.140 e. The van der Waals surface area contributed by atoms with Gasteiger partial charge < -0.3 is 5.11 Å². The van der Waals surface area contributed by atoms with Crippen molar-refractivity contribution in [1.29, 1.82) is 0 Å². The van der Waals surface area contributed by atoms with Gasteiger partial charge in [-0.2, -0.15) is 0 Å². The van der Waals surface area contributed by atoms with Gasteiger partial charge in [-0.1, -0.05) is 55.4 Å². The number of carbonyl (C=O) groups excluding carboxylic acids is 1. The first kappa shape index (κ1) is 23.4. The topological polar surface area (TPSA) is 37.3 Å². The molecule has 0 aromatic carbocycles. The number of hydrogen-bond donors (Lipinski definition) is 1. The molecule has 0 bridgehead atoms. The van der Waals surface area contributed by atoms with E-state index in [-0.39, 0.29) is 27.8 Å². The summed E-state index contributed by atoms with van der Waals surface area (Å²) < 4.78 is 0. The van der Waals surface area contributed by atoms with Gasteiger partial charge in [0.15, 0.2) is 0 Å². The molecule has 0 amide bonds. The second-order valence-electron chi connectivity index (χ2n) is 15.4. The fraction of sp³-hybridized carbons (Fsp3) is 0.967. The van der Waals surface area contributed by atoms with Crippen molar-refractivity contribution in [3.8, 4) is 0 Å². The van der Waals surface area contributed by atoms with Crippen LogP contribution < -0.4 is 0 Å². The Bertz CT molecular complexity index is 816. The van der Waals surface area contributed by atoms with Crippen molar-refractivity contribution in [2.45, 2.75) is 126 Å². The average Bonchev–Trinajstić information content (AvgIpc) is 2.70. The zero-order valence-corrected chi connectivity index (χ0v) is 22.3. The van der Waals surface area contributed by atoms with Crippen LogP contribution in [0.15, 0.2) is 0 Å². The molecule has 0 aliphatic heterocycles. The SMILES string of the molecule is CC1C(O)CCC2C1(C)CCC1C2(C)CC(=O)C2(C)C3CC(C)(C)CCC3(C)CCC12C. The predicted molar refractivity (Wildman–Crippen MR) is 131 cm³/mol. The summed E-state index contributed by atoms with van der Waals surface area (Å²) in [6.07, 6.45) is 11.4. The minimum Gasteiger partial charge on any atom is -0.393 e. The van der Waals surface area contributed by atoms with E-state index < -0.39 is 0 Å². The Labute approximate surface area is 197 Å². The predicted octanol–water partition coefficient (Wildman–Crippen LogP) is 7.43. The van der Waals surface area contributed by atoms with Crippen LogP contribution in [0.4, 0.5) is 0 Å². The Hall–Kier alpha value is -0.370. The van der Waals surface area contributed by atoms with E-state index in [1.807, 2.05) is 0 Å². The maximum Gasteiger partial charge on any atom is 0.140 e. The van der Waals surface area contributed by atoms with Crippen molar-refractivity contribution in [1.82, 2.24) is 0 Å². The molecule has 32 heavy (non-hydrogen) atoms. The van der Waals surface area contributed by atoms with Crippen LogP contribution in [-0.2, 0) is 4.79 Å². The van der Waals surface area contributed by atoms with E-state index in [1.165, 1.54) is 44.9 Å². The van der Waals surface area contributed by atoms with Crippen LogP contribution in [0, 0.1) is 56.2 Å². The van der Waals surface area contributed by atoms with Crippen LogP contribution in [0.5, 0.6) is 0 Å². The number of rotatable bonds is 0. The number of hydrogen-bond acceptors (Lipinski definition) is 2. The molecule has 0 spiro atoms. The summed E-state index contributed by atoms with van der Waals surface area (Å²) in [4.78, 5) is 14.5. The lowest BCUT2D eigenvalue weighted by atomic mass is 9.30. The Balaban J connectivity index is 1.59. The molecule has 5 fully saturated rings. The van der Waals surface area contributed by atoms with Crippen LogP contribution in [0.25, 0.3) is 0 Å². The van der Waals surface area contributed by atoms with Crippen molar-refractivity contribution in [2.75, 3.05) is 0 Å². The van der Waals surface area contributed by atoms with Gasteiger partial charge in [0.05, 0.1) is 6.10 Å². The Morgan fingerprint density at radius 3 is 2.09 bits per heavy atom. The van der Waals surface area contributed by atoms with E-state index in [0.717, 1.165) is 19.3 Å². The molecule has 2 nitrogen and oxygen atoms in total. The van der Waals surface area contributed by atoms with E-state index in [2.05, 4.69) is 55.4 Å². The van der Waals surface area contributed by atoms with E-state index >= 15 is 0 Å². The van der Waals surface area contributed by atoms with Crippen LogP contribution in [-0.4, -0.2) is 17.0 Å². The summed E-state index contributed by atoms with van der Waals surface area (Å²) in [5, 5.41) is 10.7. The zero-order valence-electron chi connectivity index (χ0n) is 22.3.